The van der Waals surface area contributed by atoms with Crippen LogP contribution in [0.1, 0.15) is 32.6 Å². The zero-order chi connectivity index (χ0) is 12.7. The predicted octanol–water partition coefficient (Wildman–Crippen LogP) is 0.440. The lowest BCUT2D eigenvalue weighted by molar-refractivity contribution is 0.0943. The minimum atomic E-state index is -0.149. The van der Waals surface area contributed by atoms with Gasteiger partial charge in [-0.05, 0) is 45.2 Å². The van der Waals surface area contributed by atoms with E-state index in [0.29, 0.717) is 12.0 Å². The topological polar surface area (TPSA) is 55.7 Å². The molecule has 0 aliphatic carbocycles. The molecule has 3 N–H and O–H groups in total. The first-order valence-corrected chi connectivity index (χ1v) is 6.86. The van der Waals surface area contributed by atoms with E-state index >= 15 is 0 Å². The van der Waals surface area contributed by atoms with Crippen LogP contribution in [0.3, 0.4) is 0 Å². The standard InChI is InChI=1S/C13H28N2O2/c1-3-13(17)8-11-7-12(10-15(2)9-11)14-5-4-6-16/h11-14,16-17H,3-10H2,1-2H3. The fraction of sp³-hybridized carbons (Fsp3) is 1.00. The van der Waals surface area contributed by atoms with Gasteiger partial charge in [0, 0.05) is 25.7 Å². The number of nitrogens with zero attached hydrogens (tertiary/aromatic N) is 1. The van der Waals surface area contributed by atoms with Crippen molar-refractivity contribution in [3.63, 3.8) is 0 Å². The molecule has 1 aliphatic rings. The van der Waals surface area contributed by atoms with Crippen molar-refractivity contribution in [3.8, 4) is 0 Å². The van der Waals surface area contributed by atoms with Gasteiger partial charge >= 0.3 is 0 Å². The first-order chi connectivity index (χ1) is 8.15. The van der Waals surface area contributed by atoms with E-state index in [9.17, 15) is 5.11 Å². The van der Waals surface area contributed by atoms with Crippen LogP contribution in [0, 0.1) is 5.92 Å². The minimum absolute atomic E-state index is 0.149. The molecule has 4 heteroatoms. The Balaban J connectivity index is 2.31. The van der Waals surface area contributed by atoms with Crippen LogP contribution in [0.25, 0.3) is 0 Å². The summed E-state index contributed by atoms with van der Waals surface area (Å²) in [5.74, 6) is 0.593. The van der Waals surface area contributed by atoms with Crippen molar-refractivity contribution in [2.75, 3.05) is 33.3 Å². The van der Waals surface area contributed by atoms with Crippen LogP contribution in [0.5, 0.6) is 0 Å². The molecule has 3 atom stereocenters. The highest BCUT2D eigenvalue weighted by molar-refractivity contribution is 4.83. The van der Waals surface area contributed by atoms with Crippen LogP contribution in [0.15, 0.2) is 0 Å². The lowest BCUT2D eigenvalue weighted by Gasteiger charge is -2.37. The Bertz CT molecular complexity index is 202. The molecule has 0 radical (unpaired) electrons. The van der Waals surface area contributed by atoms with E-state index in [0.717, 1.165) is 45.3 Å². The van der Waals surface area contributed by atoms with Crippen molar-refractivity contribution in [2.24, 2.45) is 5.92 Å². The van der Waals surface area contributed by atoms with Gasteiger partial charge in [-0.15, -0.1) is 0 Å². The predicted molar refractivity (Wildman–Crippen MR) is 70.0 cm³/mol. The molecule has 0 amide bonds. The minimum Gasteiger partial charge on any atom is -0.396 e. The van der Waals surface area contributed by atoms with E-state index in [1.807, 2.05) is 6.92 Å². The second kappa shape index (κ2) is 8.03. The molecule has 0 bridgehead atoms. The SMILES string of the molecule is CCC(O)CC1CC(NCCCO)CN(C)C1. The molecule has 0 aromatic rings. The Morgan fingerprint density at radius 2 is 2.18 bits per heavy atom. The highest BCUT2D eigenvalue weighted by atomic mass is 16.3. The number of piperidine rings is 1. The maximum atomic E-state index is 9.72. The normalized spacial score (nSPS) is 28.2. The van der Waals surface area contributed by atoms with Gasteiger partial charge in [0.15, 0.2) is 0 Å². The van der Waals surface area contributed by atoms with Crippen LogP contribution < -0.4 is 5.32 Å². The summed E-state index contributed by atoms with van der Waals surface area (Å²) in [4.78, 5) is 2.34. The Labute approximate surface area is 105 Å². The van der Waals surface area contributed by atoms with Crippen LogP contribution in [-0.4, -0.2) is 60.5 Å². The number of aliphatic hydroxyl groups excluding tert-OH is 2. The molecule has 0 saturated carbocycles. The Morgan fingerprint density at radius 3 is 2.82 bits per heavy atom. The molecule has 1 fully saturated rings. The van der Waals surface area contributed by atoms with Crippen LogP contribution in [0.2, 0.25) is 0 Å². The van der Waals surface area contributed by atoms with E-state index in [1.165, 1.54) is 0 Å². The van der Waals surface area contributed by atoms with Gasteiger partial charge in [0.2, 0.25) is 0 Å². The summed E-state index contributed by atoms with van der Waals surface area (Å²) in [6.45, 7) is 5.35. The van der Waals surface area contributed by atoms with Gasteiger partial charge in [-0.2, -0.15) is 0 Å². The summed E-state index contributed by atoms with van der Waals surface area (Å²) in [5.41, 5.74) is 0. The number of hydrogen-bond acceptors (Lipinski definition) is 4. The number of likely N-dealkylation sites (N-methyl/N-ethyl adjacent to an activating group) is 1. The Kier molecular flexibility index (Phi) is 7.04. The number of nitrogens with one attached hydrogen (secondary N) is 1. The van der Waals surface area contributed by atoms with Crippen molar-refractivity contribution in [3.05, 3.63) is 0 Å². The molecule has 102 valence electrons. The average molecular weight is 244 g/mol. The van der Waals surface area contributed by atoms with Crippen molar-refractivity contribution < 1.29 is 10.2 Å². The van der Waals surface area contributed by atoms with Gasteiger partial charge in [-0.3, -0.25) is 0 Å². The van der Waals surface area contributed by atoms with E-state index in [-0.39, 0.29) is 12.7 Å². The quantitative estimate of drug-likeness (QED) is 0.569. The molecule has 17 heavy (non-hydrogen) atoms. The fourth-order valence-electron chi connectivity index (χ4n) is 2.70. The van der Waals surface area contributed by atoms with Crippen LogP contribution in [-0.2, 0) is 0 Å². The van der Waals surface area contributed by atoms with E-state index in [1.54, 1.807) is 0 Å². The molecule has 0 spiro atoms. The molecule has 1 heterocycles. The third-order valence-electron chi connectivity index (χ3n) is 3.56. The van der Waals surface area contributed by atoms with Crippen LogP contribution >= 0.6 is 0 Å². The number of aliphatic hydroxyl groups is 2. The third kappa shape index (κ3) is 5.82. The van der Waals surface area contributed by atoms with Crippen molar-refractivity contribution in [1.29, 1.82) is 0 Å². The number of rotatable bonds is 7. The maximum absolute atomic E-state index is 9.72. The molecule has 4 nitrogen and oxygen atoms in total. The summed E-state index contributed by atoms with van der Waals surface area (Å²) in [7, 11) is 2.14. The molecule has 1 rings (SSSR count). The average Bonchev–Trinajstić information content (AvgIpc) is 2.28. The lowest BCUT2D eigenvalue weighted by atomic mass is 9.89. The van der Waals surface area contributed by atoms with Crippen molar-refractivity contribution >= 4 is 0 Å². The molecule has 0 aromatic carbocycles. The smallest absolute Gasteiger partial charge is 0.0540 e. The monoisotopic (exact) mass is 244 g/mol. The molecular weight excluding hydrogens is 216 g/mol. The Morgan fingerprint density at radius 1 is 1.41 bits per heavy atom. The van der Waals surface area contributed by atoms with E-state index < -0.39 is 0 Å². The summed E-state index contributed by atoms with van der Waals surface area (Å²) in [6, 6.07) is 0.509. The first-order valence-electron chi connectivity index (χ1n) is 6.86. The second-order valence-corrected chi connectivity index (χ2v) is 5.35. The summed E-state index contributed by atoms with van der Waals surface area (Å²) < 4.78 is 0. The zero-order valence-corrected chi connectivity index (χ0v) is 11.2. The van der Waals surface area contributed by atoms with E-state index in [4.69, 9.17) is 5.11 Å². The van der Waals surface area contributed by atoms with Gasteiger partial charge in [0.1, 0.15) is 0 Å². The summed E-state index contributed by atoms with van der Waals surface area (Å²) in [5, 5.41) is 22.0. The van der Waals surface area contributed by atoms with Gasteiger partial charge in [0.25, 0.3) is 0 Å². The van der Waals surface area contributed by atoms with Gasteiger partial charge in [0.05, 0.1) is 6.10 Å². The third-order valence-corrected chi connectivity index (χ3v) is 3.56. The molecule has 0 aromatic heterocycles. The fourth-order valence-corrected chi connectivity index (χ4v) is 2.70. The van der Waals surface area contributed by atoms with E-state index in [2.05, 4.69) is 17.3 Å². The van der Waals surface area contributed by atoms with Crippen molar-refractivity contribution in [1.82, 2.24) is 10.2 Å². The molecule has 1 saturated heterocycles. The molecule has 1 aliphatic heterocycles. The first kappa shape index (κ1) is 14.9. The molecular formula is C13H28N2O2. The summed E-state index contributed by atoms with van der Waals surface area (Å²) in [6.07, 6.45) is 3.58. The molecule has 3 unspecified atom stereocenters. The second-order valence-electron chi connectivity index (χ2n) is 5.35. The summed E-state index contributed by atoms with van der Waals surface area (Å²) >= 11 is 0. The zero-order valence-electron chi connectivity index (χ0n) is 11.2. The van der Waals surface area contributed by atoms with Gasteiger partial charge in [-0.25, -0.2) is 0 Å². The van der Waals surface area contributed by atoms with Gasteiger partial charge < -0.3 is 20.4 Å². The van der Waals surface area contributed by atoms with Crippen molar-refractivity contribution in [2.45, 2.75) is 44.8 Å². The number of likely N-dealkylation sites (tertiary alicyclic amines) is 1. The largest absolute Gasteiger partial charge is 0.396 e. The Hall–Kier alpha value is -0.160. The number of hydrogen-bond donors (Lipinski definition) is 3. The highest BCUT2D eigenvalue weighted by Crippen LogP contribution is 2.21. The lowest BCUT2D eigenvalue weighted by Crippen LogP contribution is -2.48. The van der Waals surface area contributed by atoms with Gasteiger partial charge in [-0.1, -0.05) is 6.92 Å². The maximum Gasteiger partial charge on any atom is 0.0540 e. The van der Waals surface area contributed by atoms with Crippen LogP contribution in [0.4, 0.5) is 0 Å². The highest BCUT2D eigenvalue weighted by Gasteiger charge is 2.25.